The van der Waals surface area contributed by atoms with Crippen molar-refractivity contribution in [1.82, 2.24) is 0 Å². The fourth-order valence-corrected chi connectivity index (χ4v) is 2.86. The van der Waals surface area contributed by atoms with E-state index in [1.165, 1.54) is 13.0 Å². The molecule has 0 fully saturated rings. The molecule has 0 aliphatic carbocycles. The maximum atomic E-state index is 11.5. The van der Waals surface area contributed by atoms with Crippen LogP contribution >= 0.6 is 22.6 Å². The number of ether oxygens (including phenoxy) is 1. The lowest BCUT2D eigenvalue weighted by molar-refractivity contribution is -0.386. The predicted octanol–water partition coefficient (Wildman–Crippen LogP) is 3.98. The van der Waals surface area contributed by atoms with E-state index in [2.05, 4.69) is 0 Å². The Labute approximate surface area is 135 Å². The summed E-state index contributed by atoms with van der Waals surface area (Å²) < 4.78 is 5.84. The van der Waals surface area contributed by atoms with Crippen molar-refractivity contribution in [3.63, 3.8) is 0 Å². The highest BCUT2D eigenvalue weighted by molar-refractivity contribution is 14.1. The van der Waals surface area contributed by atoms with E-state index in [1.807, 2.05) is 52.9 Å². The van der Waals surface area contributed by atoms with Gasteiger partial charge in [0.15, 0.2) is 11.5 Å². The number of hydrogen-bond donors (Lipinski definition) is 0. The molecule has 2 aromatic carbocycles. The van der Waals surface area contributed by atoms with Crippen LogP contribution < -0.4 is 4.74 Å². The third-order valence-corrected chi connectivity index (χ3v) is 3.97. The zero-order valence-corrected chi connectivity index (χ0v) is 13.4. The van der Waals surface area contributed by atoms with Gasteiger partial charge in [0.1, 0.15) is 10.2 Å². The first-order chi connectivity index (χ1) is 10.0. The number of hydrogen-bond acceptors (Lipinski definition) is 4. The monoisotopic (exact) mass is 397 g/mol. The van der Waals surface area contributed by atoms with E-state index < -0.39 is 4.92 Å². The molecule has 0 spiro atoms. The first-order valence-corrected chi connectivity index (χ1v) is 7.23. The molecule has 21 heavy (non-hydrogen) atoms. The second kappa shape index (κ2) is 6.66. The average Bonchev–Trinajstić information content (AvgIpc) is 2.45. The summed E-state index contributed by atoms with van der Waals surface area (Å²) in [5, 5.41) is 11.2. The van der Waals surface area contributed by atoms with Gasteiger partial charge < -0.3 is 4.74 Å². The first kappa shape index (κ1) is 15.4. The summed E-state index contributed by atoms with van der Waals surface area (Å²) >= 11 is 1.81. The topological polar surface area (TPSA) is 69.4 Å². The van der Waals surface area contributed by atoms with Gasteiger partial charge in [-0.1, -0.05) is 30.3 Å². The summed E-state index contributed by atoms with van der Waals surface area (Å²) in [5.41, 5.74) is 1.08. The van der Waals surface area contributed by atoms with Crippen molar-refractivity contribution in [2.75, 3.05) is 0 Å². The number of carbonyl (C=O) groups is 1. The SMILES string of the molecule is CC(=O)c1ccc(OCc2ccccc2)c([N+](=O)[O-])c1I. The normalized spacial score (nSPS) is 10.2. The molecule has 2 aromatic rings. The highest BCUT2D eigenvalue weighted by Gasteiger charge is 2.24. The second-order valence-corrected chi connectivity index (χ2v) is 5.44. The van der Waals surface area contributed by atoms with E-state index in [1.54, 1.807) is 6.07 Å². The molecule has 108 valence electrons. The van der Waals surface area contributed by atoms with Gasteiger partial charge in [-0.05, 0) is 47.2 Å². The van der Waals surface area contributed by atoms with Crippen LogP contribution in [0.2, 0.25) is 0 Å². The van der Waals surface area contributed by atoms with Crippen LogP contribution in [0.15, 0.2) is 42.5 Å². The van der Waals surface area contributed by atoms with Gasteiger partial charge in [0.2, 0.25) is 0 Å². The maximum Gasteiger partial charge on any atom is 0.324 e. The third-order valence-electron chi connectivity index (χ3n) is 2.88. The molecule has 0 saturated carbocycles. The zero-order chi connectivity index (χ0) is 15.4. The number of benzene rings is 2. The molecule has 0 bridgehead atoms. The minimum Gasteiger partial charge on any atom is -0.482 e. The maximum absolute atomic E-state index is 11.5. The van der Waals surface area contributed by atoms with E-state index in [4.69, 9.17) is 4.74 Å². The molecule has 6 heteroatoms. The molecule has 0 N–H and O–H groups in total. The number of nitrogens with zero attached hydrogens (tertiary/aromatic N) is 1. The number of nitro benzene ring substituents is 1. The Bertz CT molecular complexity index is 686. The Balaban J connectivity index is 2.33. The second-order valence-electron chi connectivity index (χ2n) is 4.36. The Morgan fingerprint density at radius 2 is 1.90 bits per heavy atom. The fraction of sp³-hybridized carbons (Fsp3) is 0.133. The molecule has 0 atom stereocenters. The molecule has 0 unspecified atom stereocenters. The molecule has 2 rings (SSSR count). The Hall–Kier alpha value is -1.96. The minimum atomic E-state index is -0.519. The Morgan fingerprint density at radius 1 is 1.24 bits per heavy atom. The first-order valence-electron chi connectivity index (χ1n) is 6.15. The quantitative estimate of drug-likeness (QED) is 0.331. The third kappa shape index (κ3) is 3.57. The number of ketones is 1. The van der Waals surface area contributed by atoms with Crippen molar-refractivity contribution in [2.24, 2.45) is 0 Å². The van der Waals surface area contributed by atoms with Crippen LogP contribution in [0.3, 0.4) is 0 Å². The summed E-state index contributed by atoms with van der Waals surface area (Å²) in [6, 6.07) is 12.4. The summed E-state index contributed by atoms with van der Waals surface area (Å²) in [5.74, 6) is -0.0460. The molecule has 0 saturated heterocycles. The highest BCUT2D eigenvalue weighted by Crippen LogP contribution is 2.35. The van der Waals surface area contributed by atoms with Crippen molar-refractivity contribution in [2.45, 2.75) is 13.5 Å². The van der Waals surface area contributed by atoms with Crippen molar-refractivity contribution in [3.8, 4) is 5.75 Å². The number of rotatable bonds is 5. The van der Waals surface area contributed by atoms with E-state index in [-0.39, 0.29) is 23.8 Å². The number of halogens is 1. The Kier molecular flexibility index (Phi) is 4.89. The molecular formula is C15H12INO4. The van der Waals surface area contributed by atoms with Gasteiger partial charge in [-0.3, -0.25) is 14.9 Å². The van der Waals surface area contributed by atoms with Gasteiger partial charge >= 0.3 is 5.69 Å². The van der Waals surface area contributed by atoms with Crippen LogP contribution in [0.4, 0.5) is 5.69 Å². The molecule has 0 aliphatic rings. The molecule has 0 amide bonds. The Morgan fingerprint density at radius 3 is 2.48 bits per heavy atom. The molecule has 0 radical (unpaired) electrons. The van der Waals surface area contributed by atoms with Gasteiger partial charge in [0.25, 0.3) is 0 Å². The number of Topliss-reactive ketones (excluding diaryl/α,β-unsaturated/α-hetero) is 1. The fourth-order valence-electron chi connectivity index (χ4n) is 1.84. The predicted molar refractivity (Wildman–Crippen MR) is 86.6 cm³/mol. The lowest BCUT2D eigenvalue weighted by atomic mass is 10.1. The van der Waals surface area contributed by atoms with E-state index in [0.29, 0.717) is 9.13 Å². The lowest BCUT2D eigenvalue weighted by Crippen LogP contribution is -2.04. The van der Waals surface area contributed by atoms with Crippen LogP contribution in [-0.4, -0.2) is 10.7 Å². The van der Waals surface area contributed by atoms with Crippen LogP contribution in [0, 0.1) is 13.7 Å². The van der Waals surface area contributed by atoms with Gasteiger partial charge in [-0.15, -0.1) is 0 Å². The lowest BCUT2D eigenvalue weighted by Gasteiger charge is -2.09. The van der Waals surface area contributed by atoms with Crippen LogP contribution in [0.25, 0.3) is 0 Å². The van der Waals surface area contributed by atoms with Crippen molar-refractivity contribution in [3.05, 3.63) is 67.3 Å². The molecule has 0 aliphatic heterocycles. The minimum absolute atomic E-state index is 0.165. The van der Waals surface area contributed by atoms with E-state index in [0.717, 1.165) is 5.56 Å². The van der Waals surface area contributed by atoms with Crippen molar-refractivity contribution < 1.29 is 14.5 Å². The van der Waals surface area contributed by atoms with Gasteiger partial charge in [-0.2, -0.15) is 0 Å². The smallest absolute Gasteiger partial charge is 0.324 e. The summed E-state index contributed by atoms with van der Waals surface area (Å²) in [6.07, 6.45) is 0. The van der Waals surface area contributed by atoms with Gasteiger partial charge in [0, 0.05) is 5.56 Å². The molecular weight excluding hydrogens is 385 g/mol. The van der Waals surface area contributed by atoms with Crippen LogP contribution in [0.1, 0.15) is 22.8 Å². The van der Waals surface area contributed by atoms with Crippen molar-refractivity contribution in [1.29, 1.82) is 0 Å². The van der Waals surface area contributed by atoms with E-state index >= 15 is 0 Å². The largest absolute Gasteiger partial charge is 0.482 e. The highest BCUT2D eigenvalue weighted by atomic mass is 127. The van der Waals surface area contributed by atoms with Crippen LogP contribution in [0.5, 0.6) is 5.75 Å². The summed E-state index contributed by atoms with van der Waals surface area (Å²) in [4.78, 5) is 22.2. The van der Waals surface area contributed by atoms with Crippen molar-refractivity contribution >= 4 is 34.1 Å². The molecule has 5 nitrogen and oxygen atoms in total. The van der Waals surface area contributed by atoms with Gasteiger partial charge in [0.05, 0.1) is 4.92 Å². The molecule has 0 aromatic heterocycles. The van der Waals surface area contributed by atoms with Gasteiger partial charge in [-0.25, -0.2) is 0 Å². The number of carbonyl (C=O) groups excluding carboxylic acids is 1. The summed E-state index contributed by atoms with van der Waals surface area (Å²) in [6.45, 7) is 1.61. The van der Waals surface area contributed by atoms with Crippen LogP contribution in [-0.2, 0) is 6.61 Å². The average molecular weight is 397 g/mol. The summed E-state index contributed by atoms with van der Waals surface area (Å²) in [7, 11) is 0. The number of nitro groups is 1. The zero-order valence-electron chi connectivity index (χ0n) is 11.2. The van der Waals surface area contributed by atoms with E-state index in [9.17, 15) is 14.9 Å². The standard InChI is InChI=1S/C15H12INO4/c1-10(18)12-7-8-13(15(14(12)16)17(19)20)21-9-11-5-3-2-4-6-11/h2-8H,9H2,1H3. The molecule has 0 heterocycles.